The number of methoxy groups -OCH3 is 3. The number of hydrogen-bond donors (Lipinski definition) is 2. The number of aromatic nitrogens is 2. The van der Waals surface area contributed by atoms with Crippen LogP contribution in [0.2, 0.25) is 0 Å². The Labute approximate surface area is 178 Å². The average Bonchev–Trinajstić information content (AvgIpc) is 3.03. The van der Waals surface area contributed by atoms with Crippen LogP contribution >= 0.6 is 10.7 Å². The van der Waals surface area contributed by atoms with Crippen LogP contribution in [0.25, 0.3) is 10.2 Å². The molecule has 158 valence electrons. The summed E-state index contributed by atoms with van der Waals surface area (Å²) >= 11 is 0. The van der Waals surface area contributed by atoms with Crippen LogP contribution in [0.15, 0.2) is 12.1 Å². The number of hydrogen-bond acceptors (Lipinski definition) is 8. The van der Waals surface area contributed by atoms with Crippen LogP contribution in [-0.4, -0.2) is 50.1 Å². The highest BCUT2D eigenvalue weighted by Crippen LogP contribution is 2.40. The second-order valence-electron chi connectivity index (χ2n) is 6.53. The van der Waals surface area contributed by atoms with Crippen molar-refractivity contribution in [3.63, 3.8) is 0 Å². The third kappa shape index (κ3) is 3.77. The monoisotopic (exact) mass is 429 g/mol. The Kier molecular flexibility index (Phi) is 6.72. The molecule has 1 unspecified atom stereocenters. The van der Waals surface area contributed by atoms with Crippen molar-refractivity contribution < 1.29 is 19.3 Å². The van der Waals surface area contributed by atoms with E-state index in [0.717, 1.165) is 27.0 Å². The van der Waals surface area contributed by atoms with E-state index in [-0.39, 0.29) is 6.61 Å². The zero-order valence-corrected chi connectivity index (χ0v) is 18.5. The van der Waals surface area contributed by atoms with Crippen LogP contribution in [0.3, 0.4) is 0 Å². The Hall–Kier alpha value is -2.93. The van der Waals surface area contributed by atoms with E-state index in [4.69, 9.17) is 24.2 Å². The van der Waals surface area contributed by atoms with Gasteiger partial charge in [-0.2, -0.15) is 10.2 Å². The number of aliphatic hydroxyl groups is 1. The van der Waals surface area contributed by atoms with Crippen LogP contribution in [0, 0.1) is 18.3 Å². The predicted molar refractivity (Wildman–Crippen MR) is 116 cm³/mol. The first-order valence-electron chi connectivity index (χ1n) is 9.35. The molecule has 30 heavy (non-hydrogen) atoms. The number of fused-ring (bicyclic) bond motifs is 1. The minimum Gasteiger partial charge on any atom is -0.493 e. The van der Waals surface area contributed by atoms with Gasteiger partial charge in [-0.05, 0) is 24.6 Å². The highest BCUT2D eigenvalue weighted by Gasteiger charge is 2.29. The van der Waals surface area contributed by atoms with Crippen LogP contribution in [0.5, 0.6) is 17.2 Å². The van der Waals surface area contributed by atoms with Crippen molar-refractivity contribution in [3.05, 3.63) is 39.7 Å². The molecule has 0 aliphatic carbocycles. The van der Waals surface area contributed by atoms with Crippen molar-refractivity contribution in [1.82, 2.24) is 9.97 Å². The maximum atomic E-state index is 9.62. The molecule has 0 fully saturated rings. The summed E-state index contributed by atoms with van der Waals surface area (Å²) in [6, 6.07) is 6.03. The van der Waals surface area contributed by atoms with Gasteiger partial charge in [0, 0.05) is 32.1 Å². The molecule has 2 N–H and O–H groups in total. The van der Waals surface area contributed by atoms with E-state index in [9.17, 15) is 10.4 Å². The molecule has 0 aliphatic rings. The number of ether oxygens (including phenoxy) is 3. The van der Waals surface area contributed by atoms with Gasteiger partial charge >= 0.3 is 0 Å². The first kappa shape index (κ1) is 21.8. The maximum Gasteiger partial charge on any atom is 0.300 e. The molecule has 0 saturated heterocycles. The largest absolute Gasteiger partial charge is 0.493 e. The highest BCUT2D eigenvalue weighted by molar-refractivity contribution is 7.39. The normalized spacial score (nSPS) is 11.4. The fourth-order valence-electron chi connectivity index (χ4n) is 3.54. The van der Waals surface area contributed by atoms with Crippen molar-refractivity contribution >= 4 is 20.9 Å². The molecule has 0 aliphatic heterocycles. The fraction of sp³-hybridized carbons (Fsp3) is 0.381. The van der Waals surface area contributed by atoms with E-state index in [2.05, 4.69) is 10.8 Å². The summed E-state index contributed by atoms with van der Waals surface area (Å²) in [7, 11) is 5.91. The van der Waals surface area contributed by atoms with Crippen molar-refractivity contribution in [3.8, 4) is 23.3 Å². The van der Waals surface area contributed by atoms with Crippen LogP contribution in [0.1, 0.15) is 27.5 Å². The Balaban J connectivity index is 2.17. The minimum atomic E-state index is -0.610. The number of thiophene rings is 1. The fourth-order valence-corrected chi connectivity index (χ4v) is 5.30. The number of aryl methyl sites for hydroxylation is 1. The molecular weight excluding hydrogens is 404 g/mol. The molecule has 0 saturated carbocycles. The summed E-state index contributed by atoms with van der Waals surface area (Å²) in [6.45, 7) is 1.88. The van der Waals surface area contributed by atoms with E-state index >= 15 is 0 Å². The predicted octanol–water partition coefficient (Wildman–Crippen LogP) is 2.88. The molecule has 1 atom stereocenters. The number of aliphatic hydroxyl groups excluding tert-OH is 1. The van der Waals surface area contributed by atoms with Crippen LogP contribution in [-0.2, 0) is 12.8 Å². The number of nitrogens with zero attached hydrogens (tertiary/aromatic N) is 3. The minimum absolute atomic E-state index is 0.0322. The maximum absolute atomic E-state index is 9.62. The van der Waals surface area contributed by atoms with Gasteiger partial charge in [-0.1, -0.05) is 0 Å². The van der Waals surface area contributed by atoms with Crippen molar-refractivity contribution in [2.45, 2.75) is 19.8 Å². The summed E-state index contributed by atoms with van der Waals surface area (Å²) in [6.07, 6.45) is 0.828. The lowest BCUT2D eigenvalue weighted by Gasteiger charge is -2.14. The summed E-state index contributed by atoms with van der Waals surface area (Å²) < 4.78 is 19.5. The van der Waals surface area contributed by atoms with Gasteiger partial charge in [0.1, 0.15) is 16.5 Å². The molecule has 2 heterocycles. The van der Waals surface area contributed by atoms with Crippen LogP contribution in [0.4, 0.5) is 0 Å². The molecule has 0 spiro atoms. The Morgan fingerprint density at radius 1 is 1.13 bits per heavy atom. The molecule has 0 amide bonds. The van der Waals surface area contributed by atoms with E-state index in [1.54, 1.807) is 21.3 Å². The SMILES string of the molecule is CN[s+]1c(C#N)c(C)c2c(CCO)nc(Cc3cc(OC)c(OC)c(OC)c3)nc21. The standard InChI is InChI=1S/C21H25N4O4S/c1-12-17(11-22)30(23-2)21-19(12)14(6-7-26)24-18(25-21)10-13-8-15(27-3)20(29-5)16(9-13)28-4/h8-9,23,26H,6-7,10H2,1-5H3/q+1. The molecule has 2 aromatic heterocycles. The lowest BCUT2D eigenvalue weighted by molar-refractivity contribution is 0.298. The molecule has 1 aromatic carbocycles. The van der Waals surface area contributed by atoms with Crippen LogP contribution < -0.4 is 18.9 Å². The number of benzene rings is 1. The van der Waals surface area contributed by atoms with E-state index < -0.39 is 10.7 Å². The molecule has 3 rings (SSSR count). The topological polar surface area (TPSA) is 110 Å². The third-order valence-electron chi connectivity index (χ3n) is 4.85. The van der Waals surface area contributed by atoms with E-state index in [0.29, 0.717) is 40.8 Å². The number of rotatable bonds is 8. The summed E-state index contributed by atoms with van der Waals surface area (Å²) in [5, 5.41) is 20.0. The van der Waals surface area contributed by atoms with Crippen molar-refractivity contribution in [2.24, 2.45) is 0 Å². The lowest BCUT2D eigenvalue weighted by Crippen LogP contribution is -2.05. The molecule has 9 heteroatoms. The Morgan fingerprint density at radius 3 is 2.30 bits per heavy atom. The number of nitrogens with one attached hydrogen (secondary N) is 1. The van der Waals surface area contributed by atoms with E-state index in [1.165, 1.54) is 0 Å². The molecule has 3 aromatic rings. The Morgan fingerprint density at radius 2 is 1.80 bits per heavy atom. The second kappa shape index (κ2) is 9.26. The van der Waals surface area contributed by atoms with Gasteiger partial charge in [-0.3, -0.25) is 0 Å². The average molecular weight is 430 g/mol. The zero-order valence-electron chi connectivity index (χ0n) is 17.7. The molecule has 8 nitrogen and oxygen atoms in total. The van der Waals surface area contributed by atoms with Gasteiger partial charge in [0.15, 0.2) is 17.6 Å². The van der Waals surface area contributed by atoms with Gasteiger partial charge in [0.2, 0.25) is 5.75 Å². The highest BCUT2D eigenvalue weighted by atomic mass is 32.2. The zero-order chi connectivity index (χ0) is 21.8. The molecule has 0 radical (unpaired) electrons. The van der Waals surface area contributed by atoms with E-state index in [1.807, 2.05) is 26.1 Å². The van der Waals surface area contributed by atoms with Gasteiger partial charge in [0.05, 0.1) is 32.4 Å². The van der Waals surface area contributed by atoms with Gasteiger partial charge in [-0.25, -0.2) is 4.98 Å². The van der Waals surface area contributed by atoms with Gasteiger partial charge in [0.25, 0.3) is 9.71 Å². The first-order chi connectivity index (χ1) is 14.5. The summed E-state index contributed by atoms with van der Waals surface area (Å²) in [5.41, 5.74) is 2.51. The molecule has 0 bridgehead atoms. The third-order valence-corrected chi connectivity index (χ3v) is 6.75. The lowest BCUT2D eigenvalue weighted by atomic mass is 10.1. The molecular formula is C21H25N4O4S+. The smallest absolute Gasteiger partial charge is 0.300 e. The first-order valence-corrected chi connectivity index (χ1v) is 10.6. The summed E-state index contributed by atoms with van der Waals surface area (Å²) in [5.74, 6) is 2.24. The van der Waals surface area contributed by atoms with Crippen molar-refractivity contribution in [1.29, 1.82) is 5.26 Å². The van der Waals surface area contributed by atoms with Gasteiger partial charge in [-0.15, -0.1) is 4.72 Å². The van der Waals surface area contributed by atoms with Gasteiger partial charge < -0.3 is 19.3 Å². The van der Waals surface area contributed by atoms with Crippen molar-refractivity contribution in [2.75, 3.05) is 39.7 Å². The quantitative estimate of drug-likeness (QED) is 0.526. The number of nitriles is 1. The Bertz CT molecular complexity index is 1100. The second-order valence-corrected chi connectivity index (χ2v) is 8.34. The summed E-state index contributed by atoms with van der Waals surface area (Å²) in [4.78, 5) is 11.0.